The predicted octanol–water partition coefficient (Wildman–Crippen LogP) is -0.589. The third-order valence-corrected chi connectivity index (χ3v) is 9.89. The number of anilines is 1. The van der Waals surface area contributed by atoms with Gasteiger partial charge >= 0.3 is 55.3 Å². The van der Waals surface area contributed by atoms with E-state index in [1.165, 1.54) is 6.07 Å². The van der Waals surface area contributed by atoms with Crippen molar-refractivity contribution in [3.8, 4) is 0 Å². The first-order chi connectivity index (χ1) is 29.4. The molecule has 27 heteroatoms. The molecule has 2 saturated heterocycles. The molecule has 3 heterocycles. The second-order valence-electron chi connectivity index (χ2n) is 14.0. The summed E-state index contributed by atoms with van der Waals surface area (Å²) in [5.74, 6) is -11.6. The molecule has 0 aromatic carbocycles. The highest BCUT2D eigenvalue weighted by molar-refractivity contribution is 7.47. The molecule has 4 N–H and O–H groups in total. The van der Waals surface area contributed by atoms with Gasteiger partial charge in [-0.15, -0.1) is 0 Å². The summed E-state index contributed by atoms with van der Waals surface area (Å²) in [5, 5.41) is 2.59. The number of nitrogens with two attached hydrogens (primary N) is 1. The largest absolute Gasteiger partial charge is 0.475 e. The Kier molecular flexibility index (Phi) is 18.7. The van der Waals surface area contributed by atoms with Crippen molar-refractivity contribution < 1.29 is 99.5 Å². The number of nitrogens with zero attached hydrogens (tertiary/aromatic N) is 2. The van der Waals surface area contributed by atoms with E-state index in [0.29, 0.717) is 12.8 Å². The third kappa shape index (κ3) is 14.8. The highest BCUT2D eigenvalue weighted by Crippen LogP contribution is 2.52. The average Bonchev–Trinajstić information content (AvgIpc) is 3.48. The van der Waals surface area contributed by atoms with Crippen molar-refractivity contribution in [2.45, 2.75) is 135 Å². The molecular weight excluding hydrogens is 871 g/mol. The summed E-state index contributed by atoms with van der Waals surface area (Å²) in [6, 6.07) is -0.447. The fraction of sp³-hybridized carbons (Fsp3) is 0.667. The number of aromatic nitrogens is 2. The van der Waals surface area contributed by atoms with E-state index in [1.54, 1.807) is 6.92 Å². The molecule has 1 unspecified atom stereocenters. The van der Waals surface area contributed by atoms with Gasteiger partial charge in [0.15, 0.2) is 30.6 Å². The maximum atomic E-state index is 14.0. The van der Waals surface area contributed by atoms with Gasteiger partial charge in [0.1, 0.15) is 30.7 Å². The Morgan fingerprint density at radius 2 is 1.57 bits per heavy atom. The lowest BCUT2D eigenvalue weighted by Crippen LogP contribution is -2.69. The van der Waals surface area contributed by atoms with Crippen LogP contribution in [0.1, 0.15) is 80.4 Å². The minimum absolute atomic E-state index is 0.107. The lowest BCUT2D eigenvalue weighted by molar-refractivity contribution is -0.293. The Morgan fingerprint density at radius 3 is 2.11 bits per heavy atom. The predicted molar refractivity (Wildman–Crippen MR) is 204 cm³/mol. The van der Waals surface area contributed by atoms with Crippen LogP contribution in [0.4, 0.5) is 5.82 Å². The van der Waals surface area contributed by atoms with Crippen LogP contribution in [0.3, 0.4) is 0 Å². The van der Waals surface area contributed by atoms with Crippen molar-refractivity contribution in [1.82, 2.24) is 14.9 Å². The first-order valence-electron chi connectivity index (χ1n) is 19.2. The Labute approximate surface area is 359 Å². The number of rotatable bonds is 20. The number of amides is 1. The van der Waals surface area contributed by atoms with E-state index >= 15 is 0 Å². The van der Waals surface area contributed by atoms with Crippen LogP contribution in [-0.4, -0.2) is 137 Å². The number of methoxy groups -OCH3 is 1. The van der Waals surface area contributed by atoms with Gasteiger partial charge in [0.2, 0.25) is 5.91 Å². The number of hydrogen-bond acceptors (Lipinski definition) is 23. The molecule has 1 aromatic heterocycles. The van der Waals surface area contributed by atoms with E-state index in [0.717, 1.165) is 59.4 Å². The van der Waals surface area contributed by atoms with Crippen LogP contribution in [0.15, 0.2) is 17.1 Å². The second kappa shape index (κ2) is 22.7. The Bertz CT molecular complexity index is 1980. The topological polar surface area (TPSA) is 348 Å². The van der Waals surface area contributed by atoms with Gasteiger partial charge in [-0.2, -0.15) is 4.98 Å². The van der Waals surface area contributed by atoms with Gasteiger partial charge in [-0.25, -0.2) is 18.7 Å². The van der Waals surface area contributed by atoms with Crippen molar-refractivity contribution in [2.24, 2.45) is 0 Å². The molecule has 0 radical (unpaired) electrons. The van der Waals surface area contributed by atoms with E-state index in [-0.39, 0.29) is 12.2 Å². The summed E-state index contributed by atoms with van der Waals surface area (Å²) in [7, 11) is -4.98. The summed E-state index contributed by atoms with van der Waals surface area (Å²) < 4.78 is 74.4. The number of nitrogens with one attached hydrogen (secondary N) is 1. The lowest BCUT2D eigenvalue weighted by Gasteiger charge is -2.48. The SMILES string of the molecule is CCCCC(=O)N[C@H]1[C@H]([C@H](OC(C)=O)[C@@H](COC(C)=O)OC(C)=O)O[C@](OP(=O)(O)OC[C@H]2O[C@@H](n3ccc(N)nc3=O)[C@H](OC(C)=O)[C@@H]2OC(C)=O)(C(=O)OC)C[C@@H]1OC(C)=O. The number of esters is 7. The first kappa shape index (κ1) is 51.8. The Balaban J connectivity index is 2.17. The maximum Gasteiger partial charge on any atom is 0.475 e. The molecule has 352 valence electrons. The minimum Gasteiger partial charge on any atom is -0.465 e. The number of carbonyl (C=O) groups is 8. The van der Waals surface area contributed by atoms with Crippen LogP contribution in [0.5, 0.6) is 0 Å². The van der Waals surface area contributed by atoms with Gasteiger partial charge in [0, 0.05) is 54.2 Å². The van der Waals surface area contributed by atoms with Gasteiger partial charge in [-0.3, -0.25) is 42.7 Å². The van der Waals surface area contributed by atoms with Crippen LogP contribution >= 0.6 is 7.82 Å². The third-order valence-electron chi connectivity index (χ3n) is 8.89. The molecule has 1 amide bonds. The van der Waals surface area contributed by atoms with Gasteiger partial charge in [0.25, 0.3) is 5.79 Å². The molecule has 1 aromatic rings. The van der Waals surface area contributed by atoms with Crippen LogP contribution in [0.2, 0.25) is 0 Å². The summed E-state index contributed by atoms with van der Waals surface area (Å²) in [6.45, 7) is 5.65. The highest BCUT2D eigenvalue weighted by Gasteiger charge is 2.62. The van der Waals surface area contributed by atoms with Crippen molar-refractivity contribution in [3.05, 3.63) is 22.7 Å². The maximum absolute atomic E-state index is 14.0. The number of phosphoric acid groups is 1. The van der Waals surface area contributed by atoms with Crippen LogP contribution in [0, 0.1) is 0 Å². The zero-order chi connectivity index (χ0) is 47.4. The van der Waals surface area contributed by atoms with Crippen LogP contribution < -0.4 is 16.7 Å². The molecule has 3 rings (SSSR count). The zero-order valence-corrected chi connectivity index (χ0v) is 36.4. The van der Waals surface area contributed by atoms with E-state index in [4.69, 9.17) is 57.4 Å². The van der Waals surface area contributed by atoms with E-state index < -0.39 is 142 Å². The van der Waals surface area contributed by atoms with Crippen molar-refractivity contribution in [1.29, 1.82) is 0 Å². The molecule has 0 saturated carbocycles. The van der Waals surface area contributed by atoms with Crippen LogP contribution in [-0.2, 0) is 94.6 Å². The Morgan fingerprint density at radius 1 is 0.952 bits per heavy atom. The van der Waals surface area contributed by atoms with E-state index in [9.17, 15) is 52.6 Å². The van der Waals surface area contributed by atoms with Crippen molar-refractivity contribution >= 4 is 61.3 Å². The number of phosphoric ester groups is 1. The van der Waals surface area contributed by atoms with Crippen molar-refractivity contribution in [2.75, 3.05) is 26.1 Å². The molecule has 0 bridgehead atoms. The summed E-state index contributed by atoms with van der Waals surface area (Å²) in [4.78, 5) is 129. The summed E-state index contributed by atoms with van der Waals surface area (Å²) >= 11 is 0. The van der Waals surface area contributed by atoms with Crippen molar-refractivity contribution in [3.63, 3.8) is 0 Å². The summed E-state index contributed by atoms with van der Waals surface area (Å²) in [6.07, 6.45) is -13.2. The normalized spacial score (nSPS) is 26.1. The molecule has 2 aliphatic rings. The number of carbonyl (C=O) groups excluding carboxylic acids is 8. The van der Waals surface area contributed by atoms with Gasteiger partial charge in [-0.05, 0) is 12.5 Å². The fourth-order valence-corrected chi connectivity index (χ4v) is 7.52. The highest BCUT2D eigenvalue weighted by atomic mass is 31.2. The molecular formula is C36H51N4O22P. The minimum atomic E-state index is -5.78. The zero-order valence-electron chi connectivity index (χ0n) is 35.5. The lowest BCUT2D eigenvalue weighted by atomic mass is 9.88. The van der Waals surface area contributed by atoms with Gasteiger partial charge in [0.05, 0.1) is 26.2 Å². The van der Waals surface area contributed by atoms with Crippen LogP contribution in [0.25, 0.3) is 0 Å². The summed E-state index contributed by atoms with van der Waals surface area (Å²) in [5.41, 5.74) is 4.60. The standard InChI is InChI=1S/C36H51N4O22P/c1-9-10-11-27(47)39-28-23(55-18(3)42)14-36(34(48)52-8,61-31(28)29(57-20(5)44)24(56-19(4)43)15-53-17(2)41)62-63(50,51)54-16-25-30(58-21(6)45)32(59-22(7)46)33(60-25)40-13-12-26(37)38-35(40)49/h12-13,23-25,28-33H,9-11,14-16H2,1-8H3,(H,39,47)(H,50,51)(H2,37,38,49)/t23-,24+,25+,28+,29+,30+,31+,32+,33+,36+/m0/s1. The molecule has 11 atom stereocenters. The molecule has 2 aliphatic heterocycles. The number of nitrogen functional groups attached to an aromatic ring is 1. The smallest absolute Gasteiger partial charge is 0.465 e. The van der Waals surface area contributed by atoms with E-state index in [2.05, 4.69) is 10.3 Å². The quantitative estimate of drug-likeness (QED) is 0.0836. The monoisotopic (exact) mass is 922 g/mol. The molecule has 2 fully saturated rings. The van der Waals surface area contributed by atoms with Gasteiger partial charge < -0.3 is 58.6 Å². The number of ether oxygens (including phenoxy) is 9. The van der Waals surface area contributed by atoms with E-state index in [1.807, 2.05) is 0 Å². The molecule has 0 aliphatic carbocycles. The average molecular weight is 923 g/mol. The second-order valence-corrected chi connectivity index (χ2v) is 15.4. The molecule has 63 heavy (non-hydrogen) atoms. The Hall–Kier alpha value is -5.53. The number of hydrogen-bond donors (Lipinski definition) is 3. The molecule has 0 spiro atoms. The first-order valence-corrected chi connectivity index (χ1v) is 20.6. The molecule has 26 nitrogen and oxygen atoms in total. The number of unbranched alkanes of at least 4 members (excludes halogenated alkanes) is 1. The van der Waals surface area contributed by atoms with Gasteiger partial charge in [-0.1, -0.05) is 13.3 Å². The fourth-order valence-electron chi connectivity index (χ4n) is 6.57.